The molecule has 0 radical (unpaired) electrons. The maximum Gasteiger partial charge on any atom is 0.235 e. The van der Waals surface area contributed by atoms with Gasteiger partial charge in [-0.15, -0.1) is 0 Å². The third-order valence-electron chi connectivity index (χ3n) is 6.57. The van der Waals surface area contributed by atoms with Gasteiger partial charge in [0.2, 0.25) is 11.8 Å². The zero-order chi connectivity index (χ0) is 19.5. The number of nitrogens with zero attached hydrogens (tertiary/aromatic N) is 1. The van der Waals surface area contributed by atoms with Gasteiger partial charge >= 0.3 is 0 Å². The van der Waals surface area contributed by atoms with Crippen molar-refractivity contribution in [2.24, 2.45) is 5.92 Å². The van der Waals surface area contributed by atoms with Gasteiger partial charge in [-0.05, 0) is 42.0 Å². The lowest BCUT2D eigenvalue weighted by atomic mass is 9.83. The monoisotopic (exact) mass is 383 g/mol. The average Bonchev–Trinajstić information content (AvgIpc) is 3.38. The quantitative estimate of drug-likeness (QED) is 0.530. The fraction of sp³-hybridized carbons (Fsp3) is 0.250. The summed E-state index contributed by atoms with van der Waals surface area (Å²) in [6.07, 6.45) is 6.88. The molecule has 2 aromatic carbocycles. The minimum absolute atomic E-state index is 0.169. The summed E-state index contributed by atoms with van der Waals surface area (Å²) in [6.45, 7) is 1.01. The van der Waals surface area contributed by atoms with Gasteiger partial charge in [0.1, 0.15) is 0 Å². The lowest BCUT2D eigenvalue weighted by Crippen LogP contribution is -2.22. The van der Waals surface area contributed by atoms with Gasteiger partial charge in [0.25, 0.3) is 0 Å². The molecule has 2 N–H and O–H groups in total. The first kappa shape index (κ1) is 16.6. The molecule has 6 rings (SSSR count). The number of carbonyl (C=O) groups is 2. The first-order valence-corrected chi connectivity index (χ1v) is 10.2. The van der Waals surface area contributed by atoms with Gasteiger partial charge in [-0.2, -0.15) is 0 Å². The number of para-hydroxylation sites is 2. The van der Waals surface area contributed by atoms with Crippen LogP contribution in [0.2, 0.25) is 0 Å². The molecular formula is C24H21N3O2. The SMILES string of the molecule is O=C1NC(=O)[C@H](Cc2cn3c4c(cccc24)CCC3)[C@H]1c1c[nH]c2ccccc12. The molecule has 4 aromatic rings. The zero-order valence-corrected chi connectivity index (χ0v) is 15.9. The third-order valence-corrected chi connectivity index (χ3v) is 6.57. The summed E-state index contributed by atoms with van der Waals surface area (Å²) in [4.78, 5) is 28.8. The van der Waals surface area contributed by atoms with Crippen LogP contribution in [0.4, 0.5) is 0 Å². The number of aryl methyl sites for hydroxylation is 2. The molecule has 2 aromatic heterocycles. The van der Waals surface area contributed by atoms with Gasteiger partial charge < -0.3 is 9.55 Å². The number of hydrogen-bond acceptors (Lipinski definition) is 2. The molecular weight excluding hydrogens is 362 g/mol. The number of rotatable bonds is 3. The number of benzene rings is 2. The molecule has 1 saturated heterocycles. The van der Waals surface area contributed by atoms with Crippen molar-refractivity contribution in [3.05, 3.63) is 71.5 Å². The van der Waals surface area contributed by atoms with Crippen molar-refractivity contribution in [3.63, 3.8) is 0 Å². The highest BCUT2D eigenvalue weighted by atomic mass is 16.2. The minimum atomic E-state index is -0.467. The molecule has 0 unspecified atom stereocenters. The van der Waals surface area contributed by atoms with Crippen LogP contribution in [0.25, 0.3) is 21.8 Å². The van der Waals surface area contributed by atoms with Gasteiger partial charge in [-0.3, -0.25) is 14.9 Å². The molecule has 2 aliphatic heterocycles. The molecule has 1 fully saturated rings. The molecule has 144 valence electrons. The maximum absolute atomic E-state index is 12.8. The molecule has 0 saturated carbocycles. The van der Waals surface area contributed by atoms with Crippen LogP contribution in [0.5, 0.6) is 0 Å². The Morgan fingerprint density at radius 2 is 1.86 bits per heavy atom. The molecule has 29 heavy (non-hydrogen) atoms. The molecule has 2 amide bonds. The van der Waals surface area contributed by atoms with Crippen molar-refractivity contribution in [1.29, 1.82) is 0 Å². The average molecular weight is 383 g/mol. The van der Waals surface area contributed by atoms with Crippen LogP contribution >= 0.6 is 0 Å². The number of fused-ring (bicyclic) bond motifs is 1. The van der Waals surface area contributed by atoms with Gasteiger partial charge in [0.15, 0.2) is 0 Å². The highest BCUT2D eigenvalue weighted by Crippen LogP contribution is 2.38. The molecule has 4 heterocycles. The normalized spacial score (nSPS) is 21.2. The van der Waals surface area contributed by atoms with Crippen molar-refractivity contribution in [2.45, 2.75) is 31.7 Å². The number of H-pyrrole nitrogens is 1. The van der Waals surface area contributed by atoms with Crippen LogP contribution in [0.3, 0.4) is 0 Å². The Bertz CT molecular complexity index is 1300. The standard InChI is InChI=1S/C24H21N3O2/c28-23-18(11-15-13-27-10-4-6-14-5-3-8-16(15)22(14)27)21(24(29)26-23)19-12-25-20-9-2-1-7-17(19)20/h1-3,5,7-9,12-13,18,21,25H,4,6,10-11H2,(H,26,28,29)/t18-,21+/m1/s1. The van der Waals surface area contributed by atoms with Gasteiger partial charge in [0, 0.05) is 35.2 Å². The maximum atomic E-state index is 12.8. The highest BCUT2D eigenvalue weighted by Gasteiger charge is 2.43. The molecule has 0 bridgehead atoms. The first-order chi connectivity index (χ1) is 14.2. The Hall–Kier alpha value is -3.34. The number of hydrogen-bond donors (Lipinski definition) is 2. The van der Waals surface area contributed by atoms with Crippen LogP contribution in [0.1, 0.15) is 29.0 Å². The van der Waals surface area contributed by atoms with E-state index >= 15 is 0 Å². The number of aromatic amines is 1. The van der Waals surface area contributed by atoms with E-state index in [1.165, 1.54) is 16.5 Å². The fourth-order valence-electron chi connectivity index (χ4n) is 5.28. The first-order valence-electron chi connectivity index (χ1n) is 10.2. The number of aromatic nitrogens is 2. The second kappa shape index (κ2) is 6.08. The molecule has 5 heteroatoms. The predicted molar refractivity (Wildman–Crippen MR) is 112 cm³/mol. The summed E-state index contributed by atoms with van der Waals surface area (Å²) >= 11 is 0. The smallest absolute Gasteiger partial charge is 0.235 e. The van der Waals surface area contributed by atoms with Crippen LogP contribution in [0, 0.1) is 5.92 Å². The summed E-state index contributed by atoms with van der Waals surface area (Å²) in [6, 6.07) is 14.4. The van der Waals surface area contributed by atoms with E-state index in [0.29, 0.717) is 6.42 Å². The van der Waals surface area contributed by atoms with Gasteiger partial charge in [-0.25, -0.2) is 0 Å². The lowest BCUT2D eigenvalue weighted by molar-refractivity contribution is -0.125. The molecule has 5 nitrogen and oxygen atoms in total. The molecule has 0 spiro atoms. The van der Waals surface area contributed by atoms with E-state index in [1.54, 1.807) is 0 Å². The number of carbonyl (C=O) groups excluding carboxylic acids is 2. The molecule has 2 atom stereocenters. The summed E-state index contributed by atoms with van der Waals surface area (Å²) in [5.74, 6) is -1.23. The van der Waals surface area contributed by atoms with Crippen molar-refractivity contribution in [2.75, 3.05) is 0 Å². The van der Waals surface area contributed by atoms with Gasteiger partial charge in [0.05, 0.1) is 17.4 Å². The number of nitrogens with one attached hydrogen (secondary N) is 2. The zero-order valence-electron chi connectivity index (χ0n) is 15.9. The lowest BCUT2D eigenvalue weighted by Gasteiger charge is -2.15. The molecule has 0 aliphatic carbocycles. The summed E-state index contributed by atoms with van der Waals surface area (Å²) in [7, 11) is 0. The van der Waals surface area contributed by atoms with E-state index in [9.17, 15) is 9.59 Å². The Kier molecular flexibility index (Phi) is 3.48. The third kappa shape index (κ3) is 2.40. The Balaban J connectivity index is 1.45. The minimum Gasteiger partial charge on any atom is -0.361 e. The second-order valence-corrected chi connectivity index (χ2v) is 8.20. The highest BCUT2D eigenvalue weighted by molar-refractivity contribution is 6.09. The molecule has 2 aliphatic rings. The summed E-state index contributed by atoms with van der Waals surface area (Å²) < 4.78 is 2.32. The fourth-order valence-corrected chi connectivity index (χ4v) is 5.28. The van der Waals surface area contributed by atoms with E-state index in [4.69, 9.17) is 0 Å². The van der Waals surface area contributed by atoms with E-state index < -0.39 is 11.8 Å². The topological polar surface area (TPSA) is 66.9 Å². The number of imide groups is 1. The second-order valence-electron chi connectivity index (χ2n) is 8.20. The van der Waals surface area contributed by atoms with Crippen molar-refractivity contribution in [3.8, 4) is 0 Å². The predicted octanol–water partition coefficient (Wildman–Crippen LogP) is 3.67. The Labute approximate surface area is 167 Å². The van der Waals surface area contributed by atoms with Crippen LogP contribution < -0.4 is 5.32 Å². The summed E-state index contributed by atoms with van der Waals surface area (Å²) in [5, 5.41) is 4.81. The van der Waals surface area contributed by atoms with E-state index in [0.717, 1.165) is 41.4 Å². The van der Waals surface area contributed by atoms with Crippen molar-refractivity contribution in [1.82, 2.24) is 14.9 Å². The largest absolute Gasteiger partial charge is 0.361 e. The number of amides is 2. The Morgan fingerprint density at radius 3 is 2.79 bits per heavy atom. The van der Waals surface area contributed by atoms with Crippen LogP contribution in [-0.2, 0) is 29.0 Å². The van der Waals surface area contributed by atoms with Crippen LogP contribution in [0.15, 0.2) is 54.9 Å². The van der Waals surface area contributed by atoms with Crippen molar-refractivity contribution < 1.29 is 9.59 Å². The van der Waals surface area contributed by atoms with Crippen LogP contribution in [-0.4, -0.2) is 21.4 Å². The Morgan fingerprint density at radius 1 is 1.00 bits per heavy atom. The van der Waals surface area contributed by atoms with Crippen molar-refractivity contribution >= 4 is 33.6 Å². The van der Waals surface area contributed by atoms with E-state index in [-0.39, 0.29) is 11.8 Å². The summed E-state index contributed by atoms with van der Waals surface area (Å²) in [5.41, 5.74) is 5.72. The van der Waals surface area contributed by atoms with Gasteiger partial charge in [-0.1, -0.05) is 36.4 Å². The van der Waals surface area contributed by atoms with E-state index in [2.05, 4.69) is 39.3 Å². The van der Waals surface area contributed by atoms with E-state index in [1.807, 2.05) is 30.5 Å².